The summed E-state index contributed by atoms with van der Waals surface area (Å²) in [6.45, 7) is 9.03. The fraction of sp³-hybridized carbons (Fsp3) is 0.250. The van der Waals surface area contributed by atoms with Crippen LogP contribution in [0, 0.1) is 0 Å². The Morgan fingerprint density at radius 3 is 1.76 bits per heavy atom. The van der Waals surface area contributed by atoms with Crippen LogP contribution in [0.1, 0.15) is 20.8 Å². The van der Waals surface area contributed by atoms with Crippen LogP contribution in [0.3, 0.4) is 0 Å². The number of fused-ring (bicyclic) bond motifs is 4. The first kappa shape index (κ1) is 27.4. The van der Waals surface area contributed by atoms with Gasteiger partial charge in [-0.2, -0.15) is 0 Å². The third-order valence-electron chi connectivity index (χ3n) is 7.13. The summed E-state index contributed by atoms with van der Waals surface area (Å²) in [7, 11) is 0. The Hall–Kier alpha value is -4.80. The zero-order valence-electron chi connectivity index (χ0n) is 23.2. The van der Waals surface area contributed by atoms with Crippen molar-refractivity contribution in [2.24, 2.45) is 0 Å². The third-order valence-corrected chi connectivity index (χ3v) is 7.13. The van der Waals surface area contributed by atoms with Crippen molar-refractivity contribution in [3.63, 3.8) is 0 Å². The molecule has 0 saturated heterocycles. The molecule has 0 bridgehead atoms. The lowest BCUT2D eigenvalue weighted by molar-refractivity contribution is -0.140. The molecule has 6 aromatic rings. The average Bonchev–Trinajstić information content (AvgIpc) is 3.62. The number of rotatable bonds is 10. The van der Waals surface area contributed by atoms with Gasteiger partial charge in [-0.15, -0.1) is 0 Å². The third kappa shape index (κ3) is 5.06. The summed E-state index contributed by atoms with van der Waals surface area (Å²) >= 11 is 0. The maximum absolute atomic E-state index is 12.0. The second-order valence-electron chi connectivity index (χ2n) is 10.6. The van der Waals surface area contributed by atoms with Gasteiger partial charge in [0.2, 0.25) is 11.5 Å². The van der Waals surface area contributed by atoms with Gasteiger partial charge in [0.25, 0.3) is 0 Å². The Kier molecular flexibility index (Phi) is 6.88. The van der Waals surface area contributed by atoms with Crippen LogP contribution in [0.4, 0.5) is 0 Å². The van der Waals surface area contributed by atoms with Gasteiger partial charge in [-0.25, -0.2) is 9.59 Å². The quantitative estimate of drug-likeness (QED) is 0.155. The van der Waals surface area contributed by atoms with Crippen molar-refractivity contribution in [3.8, 4) is 11.5 Å². The SMILES string of the molecule is C=C(C)[C@H](COc1c2occc2cc2ccc(=O)oc12)OC(C)(C)[C@H](O)COc1c2occc2cc2ccc(=O)oc12. The first-order valence-electron chi connectivity index (χ1n) is 13.3. The molecule has 0 unspecified atom stereocenters. The molecule has 0 spiro atoms. The summed E-state index contributed by atoms with van der Waals surface area (Å²) in [5, 5.41) is 14.0. The van der Waals surface area contributed by atoms with Gasteiger partial charge in [0.05, 0.1) is 18.1 Å². The highest BCUT2D eigenvalue weighted by Crippen LogP contribution is 2.37. The fourth-order valence-electron chi connectivity index (χ4n) is 4.72. The molecular formula is C32H28O10. The molecule has 4 heterocycles. The topological polar surface area (TPSA) is 135 Å². The Morgan fingerprint density at radius 1 is 0.786 bits per heavy atom. The molecule has 10 nitrogen and oxygen atoms in total. The molecule has 0 radical (unpaired) electrons. The predicted octanol–water partition coefficient (Wildman–Crippen LogP) is 5.95. The first-order valence-corrected chi connectivity index (χ1v) is 13.3. The largest absolute Gasteiger partial charge is 0.483 e. The Bertz CT molecular complexity index is 2060. The Morgan fingerprint density at radius 2 is 1.26 bits per heavy atom. The molecule has 0 fully saturated rings. The number of ether oxygens (including phenoxy) is 3. The summed E-state index contributed by atoms with van der Waals surface area (Å²) < 4.78 is 40.5. The molecule has 0 aliphatic heterocycles. The Balaban J connectivity index is 1.22. The van der Waals surface area contributed by atoms with E-state index in [9.17, 15) is 14.7 Å². The van der Waals surface area contributed by atoms with E-state index in [1.807, 2.05) is 12.1 Å². The molecule has 42 heavy (non-hydrogen) atoms. The smallest absolute Gasteiger partial charge is 0.336 e. The minimum Gasteiger partial charge on any atom is -0.483 e. The molecule has 2 aromatic carbocycles. The second kappa shape index (κ2) is 10.6. The zero-order valence-corrected chi connectivity index (χ0v) is 23.2. The maximum atomic E-state index is 12.0. The van der Waals surface area contributed by atoms with Crippen molar-refractivity contribution in [2.75, 3.05) is 13.2 Å². The number of furan rings is 2. The lowest BCUT2D eigenvalue weighted by atomic mass is 10.0. The summed E-state index contributed by atoms with van der Waals surface area (Å²) in [5.74, 6) is 0.474. The minimum atomic E-state index is -1.15. The predicted molar refractivity (Wildman–Crippen MR) is 155 cm³/mol. The van der Waals surface area contributed by atoms with Gasteiger partial charge in [0.15, 0.2) is 22.3 Å². The maximum Gasteiger partial charge on any atom is 0.336 e. The molecule has 2 atom stereocenters. The fourth-order valence-corrected chi connectivity index (χ4v) is 4.72. The van der Waals surface area contributed by atoms with Gasteiger partial charge in [-0.1, -0.05) is 6.58 Å². The number of hydrogen-bond donors (Lipinski definition) is 1. The standard InChI is InChI=1S/C32H28O10/c1-17(2)22(15-38-30-26-20(9-11-36-26)13-18-5-7-24(34)40-28(18)30)42-32(3,4)23(33)16-39-31-27-21(10-12-37-27)14-19-6-8-25(35)41-29(19)31/h5-14,22-23,33H,1,15-16H2,2-4H3/t22-,23+/m0/s1. The van der Waals surface area contributed by atoms with E-state index in [1.165, 1.54) is 24.7 Å². The van der Waals surface area contributed by atoms with Crippen LogP contribution in [0.2, 0.25) is 0 Å². The number of benzene rings is 2. The van der Waals surface area contributed by atoms with Crippen LogP contribution in [-0.4, -0.2) is 36.1 Å². The normalized spacial score (nSPS) is 13.6. The lowest BCUT2D eigenvalue weighted by Gasteiger charge is -2.35. The van der Waals surface area contributed by atoms with Gasteiger partial charge < -0.3 is 37.0 Å². The van der Waals surface area contributed by atoms with E-state index in [1.54, 1.807) is 45.0 Å². The van der Waals surface area contributed by atoms with Gasteiger partial charge >= 0.3 is 11.3 Å². The summed E-state index contributed by atoms with van der Waals surface area (Å²) in [4.78, 5) is 23.9. The van der Waals surface area contributed by atoms with Crippen LogP contribution >= 0.6 is 0 Å². The number of aliphatic hydroxyl groups excluding tert-OH is 1. The van der Waals surface area contributed by atoms with E-state index in [-0.39, 0.29) is 35.9 Å². The molecule has 216 valence electrons. The van der Waals surface area contributed by atoms with Crippen molar-refractivity contribution in [1.29, 1.82) is 0 Å². The van der Waals surface area contributed by atoms with Crippen molar-refractivity contribution in [3.05, 3.63) is 94.0 Å². The van der Waals surface area contributed by atoms with E-state index >= 15 is 0 Å². The number of hydrogen-bond acceptors (Lipinski definition) is 10. The first-order chi connectivity index (χ1) is 20.1. The monoisotopic (exact) mass is 572 g/mol. The molecule has 1 N–H and O–H groups in total. The van der Waals surface area contributed by atoms with Crippen LogP contribution in [-0.2, 0) is 4.74 Å². The molecule has 0 saturated carbocycles. The van der Waals surface area contributed by atoms with Gasteiger partial charge in [0.1, 0.15) is 25.4 Å². The van der Waals surface area contributed by atoms with Crippen LogP contribution < -0.4 is 20.7 Å². The highest BCUT2D eigenvalue weighted by atomic mass is 16.6. The van der Waals surface area contributed by atoms with Crippen LogP contribution in [0.5, 0.6) is 11.5 Å². The Labute approximate surface area is 238 Å². The van der Waals surface area contributed by atoms with E-state index in [2.05, 4.69) is 6.58 Å². The van der Waals surface area contributed by atoms with E-state index < -0.39 is 29.1 Å². The molecule has 6 rings (SSSR count). The lowest BCUT2D eigenvalue weighted by Crippen LogP contribution is -2.46. The molecule has 0 amide bonds. The van der Waals surface area contributed by atoms with Crippen LogP contribution in [0.15, 0.2) is 100 Å². The average molecular weight is 573 g/mol. The minimum absolute atomic E-state index is 0.0125. The van der Waals surface area contributed by atoms with E-state index in [0.717, 1.165) is 10.8 Å². The molecular weight excluding hydrogens is 544 g/mol. The van der Waals surface area contributed by atoms with Gasteiger partial charge in [-0.3, -0.25) is 0 Å². The molecule has 10 heteroatoms. The van der Waals surface area contributed by atoms with E-state index in [4.69, 9.17) is 31.9 Å². The highest BCUT2D eigenvalue weighted by molar-refractivity contribution is 6.00. The second-order valence-corrected chi connectivity index (χ2v) is 10.6. The van der Waals surface area contributed by atoms with Crippen molar-refractivity contribution >= 4 is 43.9 Å². The van der Waals surface area contributed by atoms with Gasteiger partial charge in [0, 0.05) is 33.7 Å². The van der Waals surface area contributed by atoms with Gasteiger partial charge in [-0.05, 0) is 62.7 Å². The summed E-state index contributed by atoms with van der Waals surface area (Å²) in [6.07, 6.45) is 1.23. The summed E-state index contributed by atoms with van der Waals surface area (Å²) in [6, 6.07) is 13.2. The highest BCUT2D eigenvalue weighted by Gasteiger charge is 2.34. The molecule has 4 aromatic heterocycles. The zero-order chi connectivity index (χ0) is 29.6. The van der Waals surface area contributed by atoms with Crippen molar-refractivity contribution in [1.82, 2.24) is 0 Å². The van der Waals surface area contributed by atoms with Crippen molar-refractivity contribution < 1.29 is 37.0 Å². The molecule has 0 aliphatic carbocycles. The van der Waals surface area contributed by atoms with Crippen LogP contribution in [0.25, 0.3) is 43.9 Å². The van der Waals surface area contributed by atoms with E-state index in [0.29, 0.717) is 27.5 Å². The summed E-state index contributed by atoms with van der Waals surface area (Å²) in [5.41, 5.74) is -0.276. The molecule has 0 aliphatic rings. The van der Waals surface area contributed by atoms with Crippen molar-refractivity contribution in [2.45, 2.75) is 38.6 Å². The number of aliphatic hydroxyl groups is 1.